The number of benzene rings is 1. The van der Waals surface area contributed by atoms with Crippen LogP contribution in [0.1, 0.15) is 28.8 Å². The summed E-state index contributed by atoms with van der Waals surface area (Å²) in [5, 5.41) is 9.13. The van der Waals surface area contributed by atoms with Crippen LogP contribution in [0.3, 0.4) is 0 Å². The van der Waals surface area contributed by atoms with Crippen LogP contribution in [-0.4, -0.2) is 23.5 Å². The first kappa shape index (κ1) is 12.6. The molecule has 3 aliphatic rings. The van der Waals surface area contributed by atoms with Gasteiger partial charge >= 0.3 is 5.97 Å². The molecule has 4 rings (SSSR count). The molecule has 0 aromatic heterocycles. The number of rotatable bonds is 2. The van der Waals surface area contributed by atoms with E-state index < -0.39 is 5.97 Å². The SMILES string of the molecule is O=C(O)c1ccc2c(c1)N(C(=O)C1CC3C=CC1C3)CC2. The Labute approximate surface area is 123 Å². The summed E-state index contributed by atoms with van der Waals surface area (Å²) in [6.45, 7) is 0.675. The summed E-state index contributed by atoms with van der Waals surface area (Å²) in [7, 11) is 0. The van der Waals surface area contributed by atoms with Gasteiger partial charge in [-0.1, -0.05) is 18.2 Å². The molecule has 1 saturated carbocycles. The minimum atomic E-state index is -0.944. The molecular weight excluding hydrogens is 266 g/mol. The van der Waals surface area contributed by atoms with Crippen molar-refractivity contribution in [2.24, 2.45) is 17.8 Å². The fraction of sp³-hybridized carbons (Fsp3) is 0.412. The van der Waals surface area contributed by atoms with Crippen LogP contribution in [0.2, 0.25) is 0 Å². The van der Waals surface area contributed by atoms with Gasteiger partial charge in [0, 0.05) is 18.2 Å². The maximum Gasteiger partial charge on any atom is 0.335 e. The zero-order chi connectivity index (χ0) is 14.6. The lowest BCUT2D eigenvalue weighted by Crippen LogP contribution is -2.36. The number of allylic oxidation sites excluding steroid dienone is 2. The van der Waals surface area contributed by atoms with E-state index in [2.05, 4.69) is 12.2 Å². The summed E-state index contributed by atoms with van der Waals surface area (Å²) in [6.07, 6.45) is 7.28. The average Bonchev–Trinajstić information content (AvgIpc) is 3.20. The van der Waals surface area contributed by atoms with Gasteiger partial charge in [0.1, 0.15) is 0 Å². The number of anilines is 1. The molecule has 2 bridgehead atoms. The Morgan fingerprint density at radius 1 is 1.19 bits per heavy atom. The molecule has 0 spiro atoms. The van der Waals surface area contributed by atoms with Crippen LogP contribution in [0.15, 0.2) is 30.4 Å². The van der Waals surface area contributed by atoms with E-state index in [1.165, 1.54) is 0 Å². The van der Waals surface area contributed by atoms with E-state index >= 15 is 0 Å². The van der Waals surface area contributed by atoms with Gasteiger partial charge in [-0.25, -0.2) is 4.79 Å². The van der Waals surface area contributed by atoms with Crippen molar-refractivity contribution < 1.29 is 14.7 Å². The van der Waals surface area contributed by atoms with Gasteiger partial charge in [0.05, 0.1) is 5.56 Å². The Balaban J connectivity index is 1.64. The number of carboxylic acids is 1. The first-order valence-electron chi connectivity index (χ1n) is 7.49. The second kappa shape index (κ2) is 4.45. The van der Waals surface area contributed by atoms with Crippen LogP contribution in [0, 0.1) is 17.8 Å². The smallest absolute Gasteiger partial charge is 0.335 e. The van der Waals surface area contributed by atoms with Gasteiger partial charge in [0.2, 0.25) is 5.91 Å². The van der Waals surface area contributed by atoms with Crippen molar-refractivity contribution >= 4 is 17.6 Å². The largest absolute Gasteiger partial charge is 0.478 e. The van der Waals surface area contributed by atoms with Crippen LogP contribution in [-0.2, 0) is 11.2 Å². The second-order valence-electron chi connectivity index (χ2n) is 6.28. The van der Waals surface area contributed by atoms with Crippen molar-refractivity contribution in [1.82, 2.24) is 0 Å². The maximum atomic E-state index is 12.8. The predicted molar refractivity (Wildman–Crippen MR) is 78.3 cm³/mol. The minimum absolute atomic E-state index is 0.0828. The average molecular weight is 283 g/mol. The molecule has 21 heavy (non-hydrogen) atoms. The monoisotopic (exact) mass is 283 g/mol. The number of fused-ring (bicyclic) bond motifs is 3. The van der Waals surface area contributed by atoms with Crippen molar-refractivity contribution in [1.29, 1.82) is 0 Å². The number of aromatic carboxylic acids is 1. The molecule has 0 saturated heterocycles. The lowest BCUT2D eigenvalue weighted by atomic mass is 9.92. The summed E-state index contributed by atoms with van der Waals surface area (Å²) in [5.74, 6) is 0.262. The highest BCUT2D eigenvalue weighted by atomic mass is 16.4. The van der Waals surface area contributed by atoms with Crippen LogP contribution >= 0.6 is 0 Å². The normalized spacial score (nSPS) is 29.0. The molecule has 1 aromatic carbocycles. The Morgan fingerprint density at radius 2 is 2.05 bits per heavy atom. The number of nitrogens with zero attached hydrogens (tertiary/aromatic N) is 1. The quantitative estimate of drug-likeness (QED) is 0.848. The Bertz CT molecular complexity index is 664. The first-order chi connectivity index (χ1) is 10.1. The number of hydrogen-bond donors (Lipinski definition) is 1. The Kier molecular flexibility index (Phi) is 2.67. The summed E-state index contributed by atoms with van der Waals surface area (Å²) in [4.78, 5) is 25.8. The zero-order valence-corrected chi connectivity index (χ0v) is 11.7. The van der Waals surface area contributed by atoms with E-state index in [4.69, 9.17) is 5.11 Å². The molecule has 1 amide bonds. The van der Waals surface area contributed by atoms with Gasteiger partial charge in [-0.3, -0.25) is 4.79 Å². The number of hydrogen-bond acceptors (Lipinski definition) is 2. The van der Waals surface area contributed by atoms with E-state index in [0.29, 0.717) is 18.4 Å². The molecule has 4 heteroatoms. The topological polar surface area (TPSA) is 57.6 Å². The van der Waals surface area contributed by atoms with Crippen molar-refractivity contribution in [3.8, 4) is 0 Å². The molecule has 108 valence electrons. The molecule has 1 N–H and O–H groups in total. The zero-order valence-electron chi connectivity index (χ0n) is 11.7. The molecule has 2 aliphatic carbocycles. The molecule has 1 heterocycles. The molecule has 1 aromatic rings. The van der Waals surface area contributed by atoms with Gasteiger partial charge in [-0.2, -0.15) is 0 Å². The molecular formula is C17H17NO3. The highest BCUT2D eigenvalue weighted by Gasteiger charge is 2.42. The summed E-state index contributed by atoms with van der Waals surface area (Å²) in [5.41, 5.74) is 2.12. The lowest BCUT2D eigenvalue weighted by molar-refractivity contribution is -0.123. The van der Waals surface area contributed by atoms with Gasteiger partial charge < -0.3 is 10.0 Å². The highest BCUT2D eigenvalue weighted by Crippen LogP contribution is 2.45. The highest BCUT2D eigenvalue weighted by molar-refractivity contribution is 5.99. The van der Waals surface area contributed by atoms with E-state index in [-0.39, 0.29) is 17.4 Å². The second-order valence-corrected chi connectivity index (χ2v) is 6.28. The van der Waals surface area contributed by atoms with Crippen molar-refractivity contribution in [2.75, 3.05) is 11.4 Å². The fourth-order valence-corrected chi connectivity index (χ4v) is 4.01. The summed E-state index contributed by atoms with van der Waals surface area (Å²) in [6, 6.07) is 5.10. The van der Waals surface area contributed by atoms with Crippen LogP contribution in [0.4, 0.5) is 5.69 Å². The summed E-state index contributed by atoms with van der Waals surface area (Å²) >= 11 is 0. The van der Waals surface area contributed by atoms with E-state index in [9.17, 15) is 9.59 Å². The van der Waals surface area contributed by atoms with Crippen molar-refractivity contribution in [2.45, 2.75) is 19.3 Å². The molecule has 3 unspecified atom stereocenters. The van der Waals surface area contributed by atoms with Crippen LogP contribution in [0.5, 0.6) is 0 Å². The Morgan fingerprint density at radius 3 is 2.71 bits per heavy atom. The summed E-state index contributed by atoms with van der Waals surface area (Å²) < 4.78 is 0. The van der Waals surface area contributed by atoms with E-state index in [1.807, 2.05) is 6.07 Å². The number of amides is 1. The van der Waals surface area contributed by atoms with Crippen molar-refractivity contribution in [3.05, 3.63) is 41.5 Å². The van der Waals surface area contributed by atoms with E-state index in [1.54, 1.807) is 17.0 Å². The van der Waals surface area contributed by atoms with E-state index in [0.717, 1.165) is 30.5 Å². The fourth-order valence-electron chi connectivity index (χ4n) is 4.01. The van der Waals surface area contributed by atoms with Gasteiger partial charge in [0.15, 0.2) is 0 Å². The maximum absolute atomic E-state index is 12.8. The van der Waals surface area contributed by atoms with Gasteiger partial charge in [-0.15, -0.1) is 0 Å². The van der Waals surface area contributed by atoms with Crippen LogP contribution in [0.25, 0.3) is 0 Å². The van der Waals surface area contributed by atoms with Crippen molar-refractivity contribution in [3.63, 3.8) is 0 Å². The Hall–Kier alpha value is -2.10. The third-order valence-corrected chi connectivity index (χ3v) is 5.09. The number of carbonyl (C=O) groups excluding carboxylic acids is 1. The first-order valence-corrected chi connectivity index (χ1v) is 7.49. The third-order valence-electron chi connectivity index (χ3n) is 5.09. The number of carbonyl (C=O) groups is 2. The molecule has 4 nitrogen and oxygen atoms in total. The molecule has 0 radical (unpaired) electrons. The molecule has 1 aliphatic heterocycles. The van der Waals surface area contributed by atoms with Crippen LogP contribution < -0.4 is 4.90 Å². The third kappa shape index (κ3) is 1.89. The minimum Gasteiger partial charge on any atom is -0.478 e. The van der Waals surface area contributed by atoms with Gasteiger partial charge in [0.25, 0.3) is 0 Å². The predicted octanol–water partition coefficient (Wildman–Crippen LogP) is 2.49. The molecule has 1 fully saturated rings. The lowest BCUT2D eigenvalue weighted by Gasteiger charge is -2.25. The molecule has 3 atom stereocenters. The van der Waals surface area contributed by atoms with Gasteiger partial charge in [-0.05, 0) is 48.8 Å². The number of carboxylic acid groups (broad SMARTS) is 1. The standard InChI is InChI=1S/C17H17NO3/c19-16(14-8-10-1-2-12(14)7-10)18-6-5-11-3-4-13(17(20)21)9-15(11)18/h1-4,9-10,12,14H,5-8H2,(H,20,21).